The van der Waals surface area contributed by atoms with E-state index in [1.54, 1.807) is 0 Å². The minimum absolute atomic E-state index is 0.0343. The van der Waals surface area contributed by atoms with E-state index in [0.29, 0.717) is 6.54 Å². The summed E-state index contributed by atoms with van der Waals surface area (Å²) in [5, 5.41) is 3.08. The van der Waals surface area contributed by atoms with Gasteiger partial charge in [0.1, 0.15) is 5.82 Å². The summed E-state index contributed by atoms with van der Waals surface area (Å²) >= 11 is 6.97. The lowest BCUT2D eigenvalue weighted by atomic mass is 9.97. The van der Waals surface area contributed by atoms with Crippen LogP contribution >= 0.6 is 31.9 Å². The number of likely N-dealkylation sites (tertiary alicyclic amines) is 1. The highest BCUT2D eigenvalue weighted by Crippen LogP contribution is 2.26. The average molecular weight is 568 g/mol. The molecule has 2 heterocycles. The largest absolute Gasteiger partial charge is 0.326 e. The molecule has 0 unspecified atom stereocenters. The second-order valence-electron chi connectivity index (χ2n) is 8.40. The lowest BCUT2D eigenvalue weighted by Crippen LogP contribution is -2.40. The van der Waals surface area contributed by atoms with Crippen molar-refractivity contribution in [2.45, 2.75) is 19.4 Å². The van der Waals surface area contributed by atoms with Crippen molar-refractivity contribution in [3.05, 3.63) is 87.6 Å². The van der Waals surface area contributed by atoms with Crippen LogP contribution in [-0.2, 0) is 11.3 Å². The molecule has 5 nitrogen and oxygen atoms in total. The van der Waals surface area contributed by atoms with Crippen LogP contribution in [0.2, 0.25) is 0 Å². The maximum Gasteiger partial charge on any atom is 0.228 e. The molecule has 0 radical (unpaired) electrons. The van der Waals surface area contributed by atoms with Crippen molar-refractivity contribution in [2.24, 2.45) is 5.92 Å². The lowest BCUT2D eigenvalue weighted by Gasteiger charge is -2.31. The number of rotatable bonds is 5. The number of nitrogens with one attached hydrogen (secondary N) is 1. The van der Waals surface area contributed by atoms with Gasteiger partial charge < -0.3 is 5.32 Å². The summed E-state index contributed by atoms with van der Waals surface area (Å²) in [7, 11) is 0. The predicted molar refractivity (Wildman–Crippen MR) is 140 cm³/mol. The van der Waals surface area contributed by atoms with Crippen molar-refractivity contribution in [2.75, 3.05) is 18.4 Å². The van der Waals surface area contributed by atoms with Crippen molar-refractivity contribution in [1.29, 1.82) is 0 Å². The molecular weight excluding hydrogens is 544 g/mol. The van der Waals surface area contributed by atoms with Crippen molar-refractivity contribution in [3.8, 4) is 5.69 Å². The molecule has 33 heavy (non-hydrogen) atoms. The minimum atomic E-state index is -0.0343. The molecule has 0 spiro atoms. The molecule has 0 bridgehead atoms. The number of amides is 1. The van der Waals surface area contributed by atoms with Gasteiger partial charge in [-0.05, 0) is 80.1 Å². The highest BCUT2D eigenvalue weighted by atomic mass is 79.9. The molecule has 1 saturated heterocycles. The number of hydrogen-bond donors (Lipinski definition) is 1. The zero-order chi connectivity index (χ0) is 22.8. The maximum absolute atomic E-state index is 12.9. The fourth-order valence-corrected chi connectivity index (χ4v) is 4.98. The normalized spacial score (nSPS) is 16.7. The fraction of sp³-hybridized carbons (Fsp3) is 0.231. The zero-order valence-electron chi connectivity index (χ0n) is 18.0. The molecule has 7 heteroatoms. The summed E-state index contributed by atoms with van der Waals surface area (Å²) < 4.78 is 4.28. The van der Waals surface area contributed by atoms with Crippen molar-refractivity contribution < 1.29 is 4.79 Å². The van der Waals surface area contributed by atoms with E-state index >= 15 is 0 Å². The van der Waals surface area contributed by atoms with Gasteiger partial charge in [0.25, 0.3) is 0 Å². The van der Waals surface area contributed by atoms with E-state index in [4.69, 9.17) is 4.98 Å². The molecule has 1 aliphatic rings. The number of carbonyl (C=O) groups excluding carboxylic acids is 1. The number of imidazole rings is 1. The van der Waals surface area contributed by atoms with Crippen LogP contribution in [0.3, 0.4) is 0 Å². The van der Waals surface area contributed by atoms with Gasteiger partial charge in [0.2, 0.25) is 5.91 Å². The molecule has 168 valence electrons. The van der Waals surface area contributed by atoms with E-state index < -0.39 is 0 Å². The topological polar surface area (TPSA) is 50.2 Å². The van der Waals surface area contributed by atoms with Gasteiger partial charge in [0, 0.05) is 26.9 Å². The molecule has 5 rings (SSSR count). The highest BCUT2D eigenvalue weighted by molar-refractivity contribution is 9.10. The van der Waals surface area contributed by atoms with Gasteiger partial charge in [-0.25, -0.2) is 4.98 Å². The van der Waals surface area contributed by atoms with Crippen LogP contribution in [0, 0.1) is 5.92 Å². The Morgan fingerprint density at radius 3 is 2.42 bits per heavy atom. The van der Waals surface area contributed by atoms with E-state index in [0.717, 1.165) is 63.1 Å². The van der Waals surface area contributed by atoms with Crippen LogP contribution in [0.15, 0.2) is 81.7 Å². The zero-order valence-corrected chi connectivity index (χ0v) is 21.2. The quantitative estimate of drug-likeness (QED) is 0.303. The lowest BCUT2D eigenvalue weighted by molar-refractivity contribution is -0.121. The van der Waals surface area contributed by atoms with Crippen LogP contribution in [-0.4, -0.2) is 33.4 Å². The van der Waals surface area contributed by atoms with Crippen molar-refractivity contribution in [1.82, 2.24) is 14.5 Å². The van der Waals surface area contributed by atoms with E-state index in [1.807, 2.05) is 36.4 Å². The first-order valence-electron chi connectivity index (χ1n) is 11.1. The molecule has 1 amide bonds. The number of nitrogens with zero attached hydrogens (tertiary/aromatic N) is 3. The first-order chi connectivity index (χ1) is 16.1. The molecule has 1 aliphatic heterocycles. The van der Waals surface area contributed by atoms with Gasteiger partial charge in [-0.2, -0.15) is 0 Å². The summed E-state index contributed by atoms with van der Waals surface area (Å²) in [6, 6.07) is 24.3. The van der Waals surface area contributed by atoms with E-state index in [-0.39, 0.29) is 11.8 Å². The van der Waals surface area contributed by atoms with Crippen LogP contribution in [0.25, 0.3) is 16.7 Å². The molecule has 1 atom stereocenters. The number of hydrogen-bond acceptors (Lipinski definition) is 3. The second-order valence-corrected chi connectivity index (χ2v) is 10.2. The van der Waals surface area contributed by atoms with Crippen LogP contribution in [0.4, 0.5) is 5.69 Å². The Hall–Kier alpha value is -2.48. The number of carbonyl (C=O) groups is 1. The van der Waals surface area contributed by atoms with Crippen LogP contribution in [0.5, 0.6) is 0 Å². The van der Waals surface area contributed by atoms with Crippen molar-refractivity contribution >= 4 is 54.5 Å². The number of anilines is 1. The number of benzene rings is 3. The Morgan fingerprint density at radius 1 is 0.970 bits per heavy atom. The minimum Gasteiger partial charge on any atom is -0.326 e. The molecule has 1 N–H and O–H groups in total. The van der Waals surface area contributed by atoms with Gasteiger partial charge in [-0.3, -0.25) is 14.3 Å². The number of fused-ring (bicyclic) bond motifs is 1. The summed E-state index contributed by atoms with van der Waals surface area (Å²) in [5.41, 5.74) is 3.99. The molecule has 1 aromatic heterocycles. The standard InChI is InChI=1S/C26H24Br2N4O/c27-19-7-11-21(12-8-19)29-26(33)18-4-3-15-31(16-18)17-25-30-23-5-1-2-6-24(23)32(25)22-13-9-20(28)10-14-22/h1-2,5-14,18H,3-4,15-17H2,(H,29,33)/t18-/m1/s1. The smallest absolute Gasteiger partial charge is 0.228 e. The Labute approximate surface area is 210 Å². The van der Waals surface area contributed by atoms with Crippen LogP contribution < -0.4 is 5.32 Å². The van der Waals surface area contributed by atoms with E-state index in [9.17, 15) is 4.79 Å². The third-order valence-corrected chi connectivity index (χ3v) is 7.13. The molecule has 0 saturated carbocycles. The van der Waals surface area contributed by atoms with Gasteiger partial charge >= 0.3 is 0 Å². The second kappa shape index (κ2) is 9.79. The predicted octanol–water partition coefficient (Wildman–Crippen LogP) is 6.40. The SMILES string of the molecule is O=C(Nc1ccc(Br)cc1)[C@@H]1CCCN(Cc2nc3ccccc3n2-c2ccc(Br)cc2)C1. The molecule has 0 aliphatic carbocycles. The number of para-hydroxylation sites is 2. The third-order valence-electron chi connectivity index (χ3n) is 6.07. The first-order valence-corrected chi connectivity index (χ1v) is 12.7. The molecule has 4 aromatic rings. The highest BCUT2D eigenvalue weighted by Gasteiger charge is 2.27. The summed E-state index contributed by atoms with van der Waals surface area (Å²) in [6.07, 6.45) is 1.90. The third kappa shape index (κ3) is 5.05. The van der Waals surface area contributed by atoms with E-state index in [2.05, 4.69) is 83.0 Å². The molecule has 3 aromatic carbocycles. The molecule has 1 fully saturated rings. The number of halogens is 2. The van der Waals surface area contributed by atoms with Gasteiger partial charge in [-0.1, -0.05) is 44.0 Å². The maximum atomic E-state index is 12.9. The Kier molecular flexibility index (Phi) is 6.62. The monoisotopic (exact) mass is 566 g/mol. The Balaban J connectivity index is 1.36. The Morgan fingerprint density at radius 2 is 1.67 bits per heavy atom. The summed E-state index contributed by atoms with van der Waals surface area (Å²) in [6.45, 7) is 2.39. The fourth-order valence-electron chi connectivity index (χ4n) is 4.45. The van der Waals surface area contributed by atoms with Gasteiger partial charge in [0.05, 0.1) is 23.5 Å². The van der Waals surface area contributed by atoms with Crippen LogP contribution in [0.1, 0.15) is 18.7 Å². The number of aromatic nitrogens is 2. The summed E-state index contributed by atoms with van der Waals surface area (Å²) in [5.74, 6) is 1.05. The number of piperidine rings is 1. The van der Waals surface area contributed by atoms with Crippen molar-refractivity contribution in [3.63, 3.8) is 0 Å². The average Bonchev–Trinajstić information content (AvgIpc) is 3.19. The van der Waals surface area contributed by atoms with E-state index in [1.165, 1.54) is 0 Å². The van der Waals surface area contributed by atoms with Gasteiger partial charge in [0.15, 0.2) is 0 Å². The first kappa shape index (κ1) is 22.3. The van der Waals surface area contributed by atoms with Gasteiger partial charge in [-0.15, -0.1) is 0 Å². The molecular formula is C26H24Br2N4O. The Bertz CT molecular complexity index is 1270. The summed E-state index contributed by atoms with van der Waals surface area (Å²) in [4.78, 5) is 20.2.